The van der Waals surface area contributed by atoms with Crippen LogP contribution in [0.4, 0.5) is 8.78 Å². The highest BCUT2D eigenvalue weighted by Crippen LogP contribution is 2.11. The Bertz CT molecular complexity index is 709. The summed E-state index contributed by atoms with van der Waals surface area (Å²) >= 11 is 0. The number of sulfonamides is 1. The molecule has 114 valence electrons. The highest BCUT2D eigenvalue weighted by molar-refractivity contribution is 7.89. The van der Waals surface area contributed by atoms with Crippen molar-refractivity contribution in [1.82, 2.24) is 9.71 Å². The molecule has 5 nitrogen and oxygen atoms in total. The van der Waals surface area contributed by atoms with Crippen molar-refractivity contribution in [2.24, 2.45) is 5.73 Å². The summed E-state index contributed by atoms with van der Waals surface area (Å²) in [7, 11) is -3.66. The molecule has 0 amide bonds. The molecule has 1 heterocycles. The number of rotatable bonds is 6. The Morgan fingerprint density at radius 1 is 1.14 bits per heavy atom. The van der Waals surface area contributed by atoms with E-state index in [-0.39, 0.29) is 24.4 Å². The van der Waals surface area contributed by atoms with Crippen LogP contribution in [-0.4, -0.2) is 19.9 Å². The van der Waals surface area contributed by atoms with E-state index in [0.29, 0.717) is 11.3 Å². The van der Waals surface area contributed by atoms with Gasteiger partial charge in [-0.1, -0.05) is 0 Å². The van der Waals surface area contributed by atoms with Gasteiger partial charge in [-0.25, -0.2) is 21.9 Å². The van der Waals surface area contributed by atoms with Gasteiger partial charge in [-0.15, -0.1) is 0 Å². The van der Waals surface area contributed by atoms with E-state index >= 15 is 0 Å². The molecule has 0 saturated carbocycles. The molecular formula is C13H15F2N3O2S. The van der Waals surface area contributed by atoms with E-state index in [4.69, 9.17) is 5.73 Å². The van der Waals surface area contributed by atoms with Gasteiger partial charge in [0.25, 0.3) is 0 Å². The molecule has 2 rings (SSSR count). The van der Waals surface area contributed by atoms with Gasteiger partial charge in [-0.05, 0) is 30.2 Å². The maximum absolute atomic E-state index is 13.0. The Kier molecular flexibility index (Phi) is 4.71. The Hall–Kier alpha value is -1.77. The zero-order valence-corrected chi connectivity index (χ0v) is 11.9. The summed E-state index contributed by atoms with van der Waals surface area (Å²) in [5.41, 5.74) is 6.37. The fourth-order valence-corrected chi connectivity index (χ4v) is 2.91. The molecule has 4 N–H and O–H groups in total. The lowest BCUT2D eigenvalue weighted by Crippen LogP contribution is -2.25. The average Bonchev–Trinajstić information content (AvgIpc) is 2.86. The van der Waals surface area contributed by atoms with E-state index < -0.39 is 21.7 Å². The molecule has 0 atom stereocenters. The quantitative estimate of drug-likeness (QED) is 0.750. The standard InChI is InChI=1S/C13H15F2N3O2S/c14-10-3-9(4-11(15)5-10)1-2-18-21(19,20)13-6-12(7-16)17-8-13/h3-6,8,17-18H,1-2,7,16H2. The third kappa shape index (κ3) is 4.10. The maximum Gasteiger partial charge on any atom is 0.242 e. The van der Waals surface area contributed by atoms with Gasteiger partial charge < -0.3 is 10.7 Å². The lowest BCUT2D eigenvalue weighted by atomic mass is 10.1. The average molecular weight is 315 g/mol. The predicted octanol–water partition coefficient (Wildman–Crippen LogP) is 1.27. The van der Waals surface area contributed by atoms with Crippen molar-refractivity contribution in [2.75, 3.05) is 6.54 Å². The number of aromatic amines is 1. The van der Waals surface area contributed by atoms with Gasteiger partial charge in [0.15, 0.2) is 0 Å². The zero-order valence-electron chi connectivity index (χ0n) is 11.1. The molecule has 0 bridgehead atoms. The van der Waals surface area contributed by atoms with Crippen molar-refractivity contribution < 1.29 is 17.2 Å². The molecule has 0 aliphatic carbocycles. The van der Waals surface area contributed by atoms with E-state index in [2.05, 4.69) is 9.71 Å². The minimum atomic E-state index is -3.66. The normalized spacial score (nSPS) is 11.8. The molecule has 0 saturated heterocycles. The summed E-state index contributed by atoms with van der Waals surface area (Å²) in [5.74, 6) is -1.38. The van der Waals surface area contributed by atoms with Gasteiger partial charge in [0, 0.05) is 31.0 Å². The maximum atomic E-state index is 13.0. The molecule has 0 unspecified atom stereocenters. The number of hydrogen-bond donors (Lipinski definition) is 3. The van der Waals surface area contributed by atoms with Crippen LogP contribution in [0, 0.1) is 11.6 Å². The van der Waals surface area contributed by atoms with E-state index in [9.17, 15) is 17.2 Å². The van der Waals surface area contributed by atoms with Gasteiger partial charge >= 0.3 is 0 Å². The second-order valence-corrected chi connectivity index (χ2v) is 6.26. The van der Waals surface area contributed by atoms with Crippen molar-refractivity contribution in [3.8, 4) is 0 Å². The number of halogens is 2. The summed E-state index contributed by atoms with van der Waals surface area (Å²) < 4.78 is 52.3. The monoisotopic (exact) mass is 315 g/mol. The van der Waals surface area contributed by atoms with Crippen molar-refractivity contribution in [3.05, 3.63) is 53.4 Å². The number of aromatic nitrogens is 1. The van der Waals surface area contributed by atoms with Crippen LogP contribution in [0.1, 0.15) is 11.3 Å². The summed E-state index contributed by atoms with van der Waals surface area (Å²) in [6.07, 6.45) is 1.52. The zero-order chi connectivity index (χ0) is 15.5. The summed E-state index contributed by atoms with van der Waals surface area (Å²) in [6, 6.07) is 4.53. The van der Waals surface area contributed by atoms with Crippen LogP contribution in [0.15, 0.2) is 35.4 Å². The van der Waals surface area contributed by atoms with E-state index in [0.717, 1.165) is 6.07 Å². The van der Waals surface area contributed by atoms with Crippen LogP contribution in [0.2, 0.25) is 0 Å². The molecule has 21 heavy (non-hydrogen) atoms. The third-order valence-electron chi connectivity index (χ3n) is 2.87. The van der Waals surface area contributed by atoms with Gasteiger partial charge in [0.05, 0.1) is 4.90 Å². The molecule has 2 aromatic rings. The molecule has 1 aromatic carbocycles. The van der Waals surface area contributed by atoms with Crippen molar-refractivity contribution in [1.29, 1.82) is 0 Å². The van der Waals surface area contributed by atoms with E-state index in [1.165, 1.54) is 24.4 Å². The first kappa shape index (κ1) is 15.6. The van der Waals surface area contributed by atoms with Crippen LogP contribution < -0.4 is 10.5 Å². The molecule has 0 radical (unpaired) electrons. The molecule has 0 aliphatic rings. The Balaban J connectivity index is 1.98. The molecular weight excluding hydrogens is 300 g/mol. The predicted molar refractivity (Wildman–Crippen MR) is 73.9 cm³/mol. The molecule has 8 heteroatoms. The summed E-state index contributed by atoms with van der Waals surface area (Å²) in [5, 5.41) is 0. The second-order valence-electron chi connectivity index (χ2n) is 4.49. The van der Waals surface area contributed by atoms with Crippen LogP contribution in [-0.2, 0) is 23.0 Å². The number of nitrogens with one attached hydrogen (secondary N) is 2. The summed E-state index contributed by atoms with van der Waals surface area (Å²) in [4.78, 5) is 2.82. The smallest absolute Gasteiger partial charge is 0.242 e. The van der Waals surface area contributed by atoms with E-state index in [1.807, 2.05) is 0 Å². The SMILES string of the molecule is NCc1cc(S(=O)(=O)NCCc2cc(F)cc(F)c2)c[nH]1. The fourth-order valence-electron chi connectivity index (χ4n) is 1.86. The summed E-state index contributed by atoms with van der Waals surface area (Å²) in [6.45, 7) is 0.243. The van der Waals surface area contributed by atoms with Gasteiger partial charge in [0.2, 0.25) is 10.0 Å². The lowest BCUT2D eigenvalue weighted by Gasteiger charge is -2.05. The minimum Gasteiger partial charge on any atom is -0.363 e. The first-order chi connectivity index (χ1) is 9.90. The van der Waals surface area contributed by atoms with Gasteiger partial charge in [0.1, 0.15) is 11.6 Å². The second kappa shape index (κ2) is 6.33. The molecule has 0 fully saturated rings. The van der Waals surface area contributed by atoms with Crippen LogP contribution in [0.25, 0.3) is 0 Å². The Morgan fingerprint density at radius 3 is 2.38 bits per heavy atom. The van der Waals surface area contributed by atoms with E-state index in [1.54, 1.807) is 0 Å². The van der Waals surface area contributed by atoms with Crippen molar-refractivity contribution >= 4 is 10.0 Å². The first-order valence-corrected chi connectivity index (χ1v) is 7.71. The highest BCUT2D eigenvalue weighted by Gasteiger charge is 2.15. The lowest BCUT2D eigenvalue weighted by molar-refractivity contribution is 0.576. The van der Waals surface area contributed by atoms with Gasteiger partial charge in [-0.3, -0.25) is 0 Å². The van der Waals surface area contributed by atoms with Crippen LogP contribution >= 0.6 is 0 Å². The van der Waals surface area contributed by atoms with Crippen molar-refractivity contribution in [2.45, 2.75) is 17.9 Å². The fraction of sp³-hybridized carbons (Fsp3) is 0.231. The van der Waals surface area contributed by atoms with Crippen LogP contribution in [0.3, 0.4) is 0 Å². The number of benzene rings is 1. The molecule has 0 aliphatic heterocycles. The molecule has 0 spiro atoms. The topological polar surface area (TPSA) is 88.0 Å². The number of hydrogen-bond acceptors (Lipinski definition) is 3. The highest BCUT2D eigenvalue weighted by atomic mass is 32.2. The Morgan fingerprint density at radius 2 is 1.81 bits per heavy atom. The van der Waals surface area contributed by atoms with Crippen LogP contribution in [0.5, 0.6) is 0 Å². The largest absolute Gasteiger partial charge is 0.363 e. The third-order valence-corrected chi connectivity index (χ3v) is 4.32. The van der Waals surface area contributed by atoms with Gasteiger partial charge in [-0.2, -0.15) is 0 Å². The Labute approximate surface area is 121 Å². The minimum absolute atomic E-state index is 0.0361. The number of nitrogens with two attached hydrogens (primary N) is 1. The van der Waals surface area contributed by atoms with Crippen molar-refractivity contribution in [3.63, 3.8) is 0 Å². The molecule has 1 aromatic heterocycles. The number of H-pyrrole nitrogens is 1. The first-order valence-electron chi connectivity index (χ1n) is 6.23.